The first-order chi connectivity index (χ1) is 9.65. The third kappa shape index (κ3) is 4.53. The van der Waals surface area contributed by atoms with E-state index in [0.29, 0.717) is 18.0 Å². The molecule has 0 radical (unpaired) electrons. The molecule has 112 valence electrons. The van der Waals surface area contributed by atoms with Crippen molar-refractivity contribution in [2.75, 3.05) is 12.4 Å². The first kappa shape index (κ1) is 16.5. The zero-order chi connectivity index (χ0) is 15.0. The number of carbonyl (C=O) groups is 1. The SMILES string of the molecule is CCCCC(CC)C(=O)Nc1ccc(CN)cc1OC. The summed E-state index contributed by atoms with van der Waals surface area (Å²) in [5.41, 5.74) is 7.30. The van der Waals surface area contributed by atoms with Crippen LogP contribution in [0.4, 0.5) is 5.69 Å². The van der Waals surface area contributed by atoms with Crippen molar-refractivity contribution in [2.24, 2.45) is 11.7 Å². The predicted molar refractivity (Wildman–Crippen MR) is 82.8 cm³/mol. The van der Waals surface area contributed by atoms with Gasteiger partial charge in [-0.25, -0.2) is 0 Å². The molecular formula is C16H26N2O2. The van der Waals surface area contributed by atoms with E-state index >= 15 is 0 Å². The van der Waals surface area contributed by atoms with Crippen LogP contribution in [-0.4, -0.2) is 13.0 Å². The van der Waals surface area contributed by atoms with Crippen LogP contribution < -0.4 is 15.8 Å². The molecule has 0 heterocycles. The Balaban J connectivity index is 2.78. The minimum Gasteiger partial charge on any atom is -0.495 e. The number of benzene rings is 1. The molecule has 1 unspecified atom stereocenters. The maximum absolute atomic E-state index is 12.3. The van der Waals surface area contributed by atoms with Gasteiger partial charge in [-0.3, -0.25) is 4.79 Å². The Morgan fingerprint density at radius 3 is 2.70 bits per heavy atom. The lowest BCUT2D eigenvalue weighted by atomic mass is 9.98. The van der Waals surface area contributed by atoms with Crippen molar-refractivity contribution in [1.82, 2.24) is 0 Å². The summed E-state index contributed by atoms with van der Waals surface area (Å²) < 4.78 is 5.31. The highest BCUT2D eigenvalue weighted by molar-refractivity contribution is 5.94. The largest absolute Gasteiger partial charge is 0.495 e. The molecule has 1 aromatic rings. The number of unbranched alkanes of at least 4 members (excludes halogenated alkanes) is 1. The number of hydrogen-bond acceptors (Lipinski definition) is 3. The molecule has 1 amide bonds. The van der Waals surface area contributed by atoms with Crippen LogP contribution in [0.15, 0.2) is 18.2 Å². The van der Waals surface area contributed by atoms with Crippen LogP contribution in [0.1, 0.15) is 45.1 Å². The molecule has 0 aliphatic rings. The number of methoxy groups -OCH3 is 1. The second kappa shape index (κ2) is 8.59. The van der Waals surface area contributed by atoms with Crippen LogP contribution in [0.2, 0.25) is 0 Å². The molecule has 0 aliphatic carbocycles. The van der Waals surface area contributed by atoms with Gasteiger partial charge >= 0.3 is 0 Å². The summed E-state index contributed by atoms with van der Waals surface area (Å²) >= 11 is 0. The number of carbonyl (C=O) groups excluding carboxylic acids is 1. The van der Waals surface area contributed by atoms with Crippen molar-refractivity contribution >= 4 is 11.6 Å². The smallest absolute Gasteiger partial charge is 0.227 e. The fraction of sp³-hybridized carbons (Fsp3) is 0.562. The highest BCUT2D eigenvalue weighted by Gasteiger charge is 2.17. The Morgan fingerprint density at radius 2 is 2.15 bits per heavy atom. The lowest BCUT2D eigenvalue weighted by molar-refractivity contribution is -0.120. The van der Waals surface area contributed by atoms with E-state index in [1.807, 2.05) is 18.2 Å². The standard InChI is InChI=1S/C16H26N2O2/c1-4-6-7-13(5-2)16(19)18-14-9-8-12(11-17)10-15(14)20-3/h8-10,13H,4-7,11,17H2,1-3H3,(H,18,19). The summed E-state index contributed by atoms with van der Waals surface area (Å²) in [6.07, 6.45) is 3.98. The van der Waals surface area contributed by atoms with Crippen LogP contribution in [0.25, 0.3) is 0 Å². The molecule has 1 atom stereocenters. The van der Waals surface area contributed by atoms with E-state index in [1.165, 1.54) is 0 Å². The second-order valence-electron chi connectivity index (χ2n) is 4.98. The average molecular weight is 278 g/mol. The molecular weight excluding hydrogens is 252 g/mol. The van der Waals surface area contributed by atoms with E-state index in [1.54, 1.807) is 7.11 Å². The molecule has 0 aromatic heterocycles. The van der Waals surface area contributed by atoms with Crippen molar-refractivity contribution in [3.05, 3.63) is 23.8 Å². The zero-order valence-electron chi connectivity index (χ0n) is 12.7. The Hall–Kier alpha value is -1.55. The van der Waals surface area contributed by atoms with Crippen LogP contribution in [-0.2, 0) is 11.3 Å². The minimum atomic E-state index is 0.0637. The van der Waals surface area contributed by atoms with Gasteiger partial charge in [0, 0.05) is 12.5 Å². The summed E-state index contributed by atoms with van der Waals surface area (Å²) in [5.74, 6) is 0.792. The molecule has 0 spiro atoms. The topological polar surface area (TPSA) is 64.4 Å². The van der Waals surface area contributed by atoms with Gasteiger partial charge in [0.2, 0.25) is 5.91 Å². The Bertz CT molecular complexity index is 432. The molecule has 0 saturated carbocycles. The van der Waals surface area contributed by atoms with Gasteiger partial charge in [0.25, 0.3) is 0 Å². The summed E-state index contributed by atoms with van der Waals surface area (Å²) in [5, 5.41) is 2.97. The Labute approximate surface area is 121 Å². The first-order valence-electron chi connectivity index (χ1n) is 7.34. The lowest BCUT2D eigenvalue weighted by Crippen LogP contribution is -2.22. The molecule has 0 bridgehead atoms. The first-order valence-corrected chi connectivity index (χ1v) is 7.34. The van der Waals surface area contributed by atoms with Crippen LogP contribution >= 0.6 is 0 Å². The second-order valence-corrected chi connectivity index (χ2v) is 4.98. The van der Waals surface area contributed by atoms with E-state index in [-0.39, 0.29) is 11.8 Å². The third-order valence-electron chi connectivity index (χ3n) is 3.53. The number of amides is 1. The molecule has 0 fully saturated rings. The maximum atomic E-state index is 12.3. The van der Waals surface area contributed by atoms with Crippen LogP contribution in [0.3, 0.4) is 0 Å². The number of nitrogens with one attached hydrogen (secondary N) is 1. The van der Waals surface area contributed by atoms with Crippen molar-refractivity contribution in [2.45, 2.75) is 46.1 Å². The number of nitrogens with two attached hydrogens (primary N) is 1. The van der Waals surface area contributed by atoms with Gasteiger partial charge in [-0.2, -0.15) is 0 Å². The van der Waals surface area contributed by atoms with Gasteiger partial charge in [-0.1, -0.05) is 32.8 Å². The summed E-state index contributed by atoms with van der Waals surface area (Å²) in [7, 11) is 1.60. The minimum absolute atomic E-state index is 0.0637. The molecule has 0 aliphatic heterocycles. The van der Waals surface area contributed by atoms with Crippen molar-refractivity contribution in [1.29, 1.82) is 0 Å². The van der Waals surface area contributed by atoms with Gasteiger partial charge in [0.05, 0.1) is 12.8 Å². The monoisotopic (exact) mass is 278 g/mol. The van der Waals surface area contributed by atoms with Crippen LogP contribution in [0, 0.1) is 5.92 Å². The van der Waals surface area contributed by atoms with E-state index in [2.05, 4.69) is 19.2 Å². The molecule has 1 aromatic carbocycles. The number of rotatable bonds is 8. The van der Waals surface area contributed by atoms with E-state index < -0.39 is 0 Å². The third-order valence-corrected chi connectivity index (χ3v) is 3.53. The normalized spacial score (nSPS) is 12.0. The molecule has 20 heavy (non-hydrogen) atoms. The van der Waals surface area contributed by atoms with Crippen LogP contribution in [0.5, 0.6) is 5.75 Å². The molecule has 1 rings (SSSR count). The Kier molecular flexibility index (Phi) is 7.09. The number of anilines is 1. The molecule has 3 N–H and O–H groups in total. The maximum Gasteiger partial charge on any atom is 0.227 e. The van der Waals surface area contributed by atoms with Gasteiger partial charge in [0.15, 0.2) is 0 Å². The number of ether oxygens (including phenoxy) is 1. The van der Waals surface area contributed by atoms with Crippen molar-refractivity contribution < 1.29 is 9.53 Å². The fourth-order valence-corrected chi connectivity index (χ4v) is 2.17. The Morgan fingerprint density at radius 1 is 1.40 bits per heavy atom. The highest BCUT2D eigenvalue weighted by Crippen LogP contribution is 2.26. The fourth-order valence-electron chi connectivity index (χ4n) is 2.17. The highest BCUT2D eigenvalue weighted by atomic mass is 16.5. The predicted octanol–water partition coefficient (Wildman–Crippen LogP) is 3.31. The zero-order valence-corrected chi connectivity index (χ0v) is 12.7. The van der Waals surface area contributed by atoms with Crippen molar-refractivity contribution in [3.8, 4) is 5.75 Å². The average Bonchev–Trinajstić information content (AvgIpc) is 2.48. The van der Waals surface area contributed by atoms with E-state index in [4.69, 9.17) is 10.5 Å². The summed E-state index contributed by atoms with van der Waals surface area (Å²) in [4.78, 5) is 12.3. The summed E-state index contributed by atoms with van der Waals surface area (Å²) in [6.45, 7) is 4.65. The number of hydrogen-bond donors (Lipinski definition) is 2. The van der Waals surface area contributed by atoms with Gasteiger partial charge in [-0.05, 0) is 30.5 Å². The summed E-state index contributed by atoms with van der Waals surface area (Å²) in [6, 6.07) is 5.62. The van der Waals surface area contributed by atoms with Gasteiger partial charge in [-0.15, -0.1) is 0 Å². The van der Waals surface area contributed by atoms with Gasteiger partial charge in [0.1, 0.15) is 5.75 Å². The van der Waals surface area contributed by atoms with E-state index in [0.717, 1.165) is 31.2 Å². The lowest BCUT2D eigenvalue weighted by Gasteiger charge is -2.16. The quantitative estimate of drug-likeness (QED) is 0.766. The molecule has 0 saturated heterocycles. The van der Waals surface area contributed by atoms with E-state index in [9.17, 15) is 4.79 Å². The van der Waals surface area contributed by atoms with Gasteiger partial charge < -0.3 is 15.8 Å². The molecule has 4 nitrogen and oxygen atoms in total. The van der Waals surface area contributed by atoms with Crippen molar-refractivity contribution in [3.63, 3.8) is 0 Å². The molecule has 4 heteroatoms.